The van der Waals surface area contributed by atoms with E-state index >= 15 is 0 Å². The van der Waals surface area contributed by atoms with Gasteiger partial charge in [0.05, 0.1) is 19.8 Å². The zero-order valence-corrected chi connectivity index (χ0v) is 9.27. The molecular weight excluding hydrogens is 194 g/mol. The van der Waals surface area contributed by atoms with Crippen molar-refractivity contribution in [1.82, 2.24) is 4.98 Å². The van der Waals surface area contributed by atoms with Crippen molar-refractivity contribution in [3.8, 4) is 5.88 Å². The Morgan fingerprint density at radius 1 is 1.53 bits per heavy atom. The van der Waals surface area contributed by atoms with Crippen molar-refractivity contribution in [3.05, 3.63) is 17.7 Å². The lowest BCUT2D eigenvalue weighted by Crippen LogP contribution is -2.17. The number of hydrogen-bond donors (Lipinski definition) is 2. The van der Waals surface area contributed by atoms with Gasteiger partial charge in [0.15, 0.2) is 0 Å². The average Bonchev–Trinajstić information content (AvgIpc) is 2.27. The van der Waals surface area contributed by atoms with Crippen LogP contribution in [0.1, 0.15) is 11.6 Å². The van der Waals surface area contributed by atoms with Gasteiger partial charge in [0.2, 0.25) is 5.88 Å². The second kappa shape index (κ2) is 4.95. The molecule has 84 valence electrons. The number of anilines is 1. The van der Waals surface area contributed by atoms with Crippen LogP contribution in [-0.2, 0) is 0 Å². The Bertz CT molecular complexity index is 328. The van der Waals surface area contributed by atoms with E-state index in [2.05, 4.69) is 4.98 Å². The summed E-state index contributed by atoms with van der Waals surface area (Å²) in [6.45, 7) is -0.0972. The molecule has 0 aliphatic rings. The SMILES string of the molecule is COc1cc(C(N)CO)cc(N(C)C)n1. The molecule has 3 N–H and O–H groups in total. The maximum atomic E-state index is 8.98. The minimum absolute atomic E-state index is 0.0972. The number of nitrogens with two attached hydrogens (primary N) is 1. The van der Waals surface area contributed by atoms with Crippen LogP contribution in [0.5, 0.6) is 5.88 Å². The number of aliphatic hydroxyl groups is 1. The molecule has 15 heavy (non-hydrogen) atoms. The standard InChI is InChI=1S/C10H17N3O2/c1-13(2)9-4-7(8(11)6-14)5-10(12-9)15-3/h4-5,8,14H,6,11H2,1-3H3. The highest BCUT2D eigenvalue weighted by atomic mass is 16.5. The first-order valence-corrected chi connectivity index (χ1v) is 4.68. The van der Waals surface area contributed by atoms with E-state index < -0.39 is 6.04 Å². The first-order chi connectivity index (χ1) is 7.08. The largest absolute Gasteiger partial charge is 0.481 e. The van der Waals surface area contributed by atoms with Crippen LogP contribution in [0.2, 0.25) is 0 Å². The number of aliphatic hydroxyl groups excluding tert-OH is 1. The topological polar surface area (TPSA) is 71.6 Å². The van der Waals surface area contributed by atoms with E-state index in [1.54, 1.807) is 13.2 Å². The minimum atomic E-state index is -0.402. The van der Waals surface area contributed by atoms with Gasteiger partial charge in [-0.2, -0.15) is 4.98 Å². The van der Waals surface area contributed by atoms with Crippen LogP contribution in [0.15, 0.2) is 12.1 Å². The molecule has 0 radical (unpaired) electrons. The third-order valence-corrected chi connectivity index (χ3v) is 2.10. The minimum Gasteiger partial charge on any atom is -0.481 e. The quantitative estimate of drug-likeness (QED) is 0.741. The van der Waals surface area contributed by atoms with E-state index in [1.165, 1.54) is 0 Å². The fraction of sp³-hybridized carbons (Fsp3) is 0.500. The summed E-state index contributed by atoms with van der Waals surface area (Å²) in [6, 6.07) is 3.16. The summed E-state index contributed by atoms with van der Waals surface area (Å²) in [7, 11) is 5.32. The van der Waals surface area contributed by atoms with Gasteiger partial charge in [0.25, 0.3) is 0 Å². The molecular formula is C10H17N3O2. The Morgan fingerprint density at radius 2 is 2.20 bits per heavy atom. The number of pyridine rings is 1. The second-order valence-corrected chi connectivity index (χ2v) is 3.48. The molecule has 0 amide bonds. The van der Waals surface area contributed by atoms with E-state index in [0.717, 1.165) is 11.4 Å². The van der Waals surface area contributed by atoms with Crippen molar-refractivity contribution in [2.45, 2.75) is 6.04 Å². The molecule has 1 atom stereocenters. The monoisotopic (exact) mass is 211 g/mol. The van der Waals surface area contributed by atoms with Gasteiger partial charge < -0.3 is 20.5 Å². The third kappa shape index (κ3) is 2.81. The lowest BCUT2D eigenvalue weighted by atomic mass is 10.1. The highest BCUT2D eigenvalue weighted by molar-refractivity contribution is 5.43. The first kappa shape index (κ1) is 11.7. The maximum absolute atomic E-state index is 8.98. The summed E-state index contributed by atoms with van der Waals surface area (Å²) in [6.07, 6.45) is 0. The van der Waals surface area contributed by atoms with Gasteiger partial charge >= 0.3 is 0 Å². The van der Waals surface area contributed by atoms with Gasteiger partial charge in [-0.25, -0.2) is 0 Å². The molecule has 0 aliphatic carbocycles. The van der Waals surface area contributed by atoms with Crippen LogP contribution >= 0.6 is 0 Å². The molecule has 0 saturated heterocycles. The van der Waals surface area contributed by atoms with Crippen molar-refractivity contribution in [3.63, 3.8) is 0 Å². The van der Waals surface area contributed by atoms with Gasteiger partial charge in [-0.15, -0.1) is 0 Å². The van der Waals surface area contributed by atoms with Crippen molar-refractivity contribution in [1.29, 1.82) is 0 Å². The molecule has 0 bridgehead atoms. The maximum Gasteiger partial charge on any atom is 0.215 e. The molecule has 0 aromatic carbocycles. The smallest absolute Gasteiger partial charge is 0.215 e. The fourth-order valence-electron chi connectivity index (χ4n) is 1.16. The van der Waals surface area contributed by atoms with Crippen molar-refractivity contribution < 1.29 is 9.84 Å². The number of nitrogens with zero attached hydrogens (tertiary/aromatic N) is 2. The van der Waals surface area contributed by atoms with E-state index in [1.807, 2.05) is 25.1 Å². The molecule has 5 nitrogen and oxygen atoms in total. The molecule has 0 spiro atoms. The molecule has 1 heterocycles. The van der Waals surface area contributed by atoms with Crippen LogP contribution in [0.4, 0.5) is 5.82 Å². The molecule has 0 saturated carbocycles. The highest BCUT2D eigenvalue weighted by Crippen LogP contribution is 2.21. The average molecular weight is 211 g/mol. The fourth-order valence-corrected chi connectivity index (χ4v) is 1.16. The number of methoxy groups -OCH3 is 1. The van der Waals surface area contributed by atoms with Crippen molar-refractivity contribution >= 4 is 5.82 Å². The van der Waals surface area contributed by atoms with E-state index in [4.69, 9.17) is 15.6 Å². The van der Waals surface area contributed by atoms with Gasteiger partial charge in [0.1, 0.15) is 5.82 Å². The molecule has 0 fully saturated rings. The van der Waals surface area contributed by atoms with E-state index in [0.29, 0.717) is 5.88 Å². The summed E-state index contributed by atoms with van der Waals surface area (Å²) < 4.78 is 5.07. The second-order valence-electron chi connectivity index (χ2n) is 3.48. The van der Waals surface area contributed by atoms with Gasteiger partial charge in [0, 0.05) is 20.2 Å². The lowest BCUT2D eigenvalue weighted by Gasteiger charge is -2.16. The molecule has 5 heteroatoms. The van der Waals surface area contributed by atoms with Crippen LogP contribution < -0.4 is 15.4 Å². The molecule has 1 aromatic heterocycles. The first-order valence-electron chi connectivity index (χ1n) is 4.68. The summed E-state index contributed by atoms with van der Waals surface area (Å²) in [5, 5.41) is 8.98. The normalized spacial score (nSPS) is 12.3. The Morgan fingerprint density at radius 3 is 2.67 bits per heavy atom. The Labute approximate surface area is 89.5 Å². The van der Waals surface area contributed by atoms with E-state index in [-0.39, 0.29) is 6.61 Å². The van der Waals surface area contributed by atoms with Crippen molar-refractivity contribution in [2.24, 2.45) is 5.73 Å². The number of rotatable bonds is 4. The van der Waals surface area contributed by atoms with Gasteiger partial charge in [-0.3, -0.25) is 0 Å². The van der Waals surface area contributed by atoms with E-state index in [9.17, 15) is 0 Å². The Hall–Kier alpha value is -1.33. The Kier molecular flexibility index (Phi) is 3.88. The van der Waals surface area contributed by atoms with Crippen molar-refractivity contribution in [2.75, 3.05) is 32.7 Å². The van der Waals surface area contributed by atoms with Gasteiger partial charge in [-0.05, 0) is 11.6 Å². The predicted molar refractivity (Wildman–Crippen MR) is 59.1 cm³/mol. The number of ether oxygens (including phenoxy) is 1. The molecule has 0 aliphatic heterocycles. The lowest BCUT2D eigenvalue weighted by molar-refractivity contribution is 0.267. The highest BCUT2D eigenvalue weighted by Gasteiger charge is 2.10. The summed E-state index contributed by atoms with van der Waals surface area (Å²) >= 11 is 0. The summed E-state index contributed by atoms with van der Waals surface area (Å²) in [5.41, 5.74) is 6.55. The van der Waals surface area contributed by atoms with Crippen LogP contribution in [0.25, 0.3) is 0 Å². The Balaban J connectivity index is 3.11. The summed E-state index contributed by atoms with van der Waals surface area (Å²) in [4.78, 5) is 6.09. The zero-order chi connectivity index (χ0) is 11.4. The van der Waals surface area contributed by atoms with Crippen LogP contribution in [-0.4, -0.2) is 37.9 Å². The third-order valence-electron chi connectivity index (χ3n) is 2.10. The van der Waals surface area contributed by atoms with Crippen LogP contribution in [0, 0.1) is 0 Å². The number of hydrogen-bond acceptors (Lipinski definition) is 5. The zero-order valence-electron chi connectivity index (χ0n) is 9.27. The molecule has 1 unspecified atom stereocenters. The summed E-state index contributed by atoms with van der Waals surface area (Å²) in [5.74, 6) is 1.26. The molecule has 1 rings (SSSR count). The van der Waals surface area contributed by atoms with Crippen LogP contribution in [0.3, 0.4) is 0 Å². The predicted octanol–water partition coefficient (Wildman–Crippen LogP) is 0.148. The molecule has 1 aromatic rings. The number of aromatic nitrogens is 1. The van der Waals surface area contributed by atoms with Gasteiger partial charge in [-0.1, -0.05) is 0 Å².